The fourth-order valence-electron chi connectivity index (χ4n) is 4.52. The predicted octanol–water partition coefficient (Wildman–Crippen LogP) is 2.39. The molecule has 2 aliphatic heterocycles. The normalized spacial score (nSPS) is 22.0. The number of nitrogens with zero attached hydrogens (tertiary/aromatic N) is 2. The molecule has 2 fully saturated rings. The van der Waals surface area contributed by atoms with Crippen LogP contribution in [0.2, 0.25) is 0 Å². The van der Waals surface area contributed by atoms with Gasteiger partial charge in [0.15, 0.2) is 0 Å². The zero-order chi connectivity index (χ0) is 24.0. The van der Waals surface area contributed by atoms with Crippen LogP contribution >= 0.6 is 0 Å². The van der Waals surface area contributed by atoms with E-state index >= 15 is 0 Å². The first-order valence-electron chi connectivity index (χ1n) is 11.6. The number of carbonyl (C=O) groups is 4. The lowest BCUT2D eigenvalue weighted by Gasteiger charge is -2.33. The Bertz CT molecular complexity index is 861. The van der Waals surface area contributed by atoms with Crippen LogP contribution in [0.4, 0.5) is 4.79 Å². The van der Waals surface area contributed by atoms with Gasteiger partial charge in [-0.05, 0) is 37.2 Å². The molecule has 0 spiro atoms. The Hall–Kier alpha value is -3.10. The van der Waals surface area contributed by atoms with E-state index in [9.17, 15) is 24.3 Å². The summed E-state index contributed by atoms with van der Waals surface area (Å²) in [5, 5.41) is 12.1. The Labute approximate surface area is 194 Å². The first kappa shape index (κ1) is 24.5. The number of nitrogens with one attached hydrogen (secondary N) is 1. The number of carboxylic acids is 1. The van der Waals surface area contributed by atoms with E-state index in [0.717, 1.165) is 5.56 Å². The van der Waals surface area contributed by atoms with Crippen LogP contribution in [0.3, 0.4) is 0 Å². The molecule has 1 aromatic carbocycles. The molecule has 3 amide bonds. The third kappa shape index (κ3) is 5.83. The van der Waals surface area contributed by atoms with Crippen molar-refractivity contribution >= 4 is 23.9 Å². The Morgan fingerprint density at radius 3 is 2.33 bits per heavy atom. The van der Waals surface area contributed by atoms with E-state index in [1.807, 2.05) is 44.2 Å². The monoisotopic (exact) mass is 459 g/mol. The molecule has 3 rings (SSSR count). The van der Waals surface area contributed by atoms with Gasteiger partial charge in [0, 0.05) is 13.1 Å². The predicted molar refractivity (Wildman–Crippen MR) is 120 cm³/mol. The number of alkyl carbamates (subject to hydrolysis) is 1. The molecule has 1 aromatic rings. The fraction of sp³-hybridized carbons (Fsp3) is 0.583. The molecule has 9 heteroatoms. The Morgan fingerprint density at radius 1 is 1.06 bits per heavy atom. The van der Waals surface area contributed by atoms with Crippen molar-refractivity contribution in [2.45, 2.75) is 70.7 Å². The number of carboxylic acid groups (broad SMARTS) is 1. The standard InChI is InChI=1S/C24H33N3O6/c1-3-16(2)20(25-24(32)33-15-17-9-5-4-6-10-17)22(29)26-13-7-11-18(26)21(28)27-14-8-12-19(27)23(30)31/h4-6,9-10,16,18-20H,3,7-8,11-15H2,1-2H3,(H,25,32)(H,30,31). The SMILES string of the molecule is CCC(C)C(NC(=O)OCc1ccccc1)C(=O)N1CCCC1C(=O)N1CCCC1C(=O)O. The first-order valence-corrected chi connectivity index (χ1v) is 11.6. The molecule has 9 nitrogen and oxygen atoms in total. The molecule has 2 saturated heterocycles. The number of hydrogen-bond acceptors (Lipinski definition) is 5. The average Bonchev–Trinajstić information content (AvgIpc) is 3.50. The molecule has 0 radical (unpaired) electrons. The van der Waals surface area contributed by atoms with E-state index in [0.29, 0.717) is 45.2 Å². The van der Waals surface area contributed by atoms with Crippen LogP contribution in [0.1, 0.15) is 51.5 Å². The van der Waals surface area contributed by atoms with Crippen LogP contribution in [0.25, 0.3) is 0 Å². The highest BCUT2D eigenvalue weighted by atomic mass is 16.5. The van der Waals surface area contributed by atoms with Crippen molar-refractivity contribution < 1.29 is 29.0 Å². The summed E-state index contributed by atoms with van der Waals surface area (Å²) in [5.41, 5.74) is 0.836. The summed E-state index contributed by atoms with van der Waals surface area (Å²) in [6.45, 7) is 4.66. The van der Waals surface area contributed by atoms with Gasteiger partial charge < -0.3 is 25.0 Å². The van der Waals surface area contributed by atoms with Gasteiger partial charge in [-0.15, -0.1) is 0 Å². The average molecular weight is 460 g/mol. The summed E-state index contributed by atoms with van der Waals surface area (Å²) >= 11 is 0. The van der Waals surface area contributed by atoms with Crippen LogP contribution < -0.4 is 5.32 Å². The van der Waals surface area contributed by atoms with Crippen LogP contribution in [-0.4, -0.2) is 70.0 Å². The maximum Gasteiger partial charge on any atom is 0.408 e. The van der Waals surface area contributed by atoms with Crippen molar-refractivity contribution in [1.29, 1.82) is 0 Å². The van der Waals surface area contributed by atoms with Crippen molar-refractivity contribution in [2.24, 2.45) is 5.92 Å². The third-order valence-corrected chi connectivity index (χ3v) is 6.61. The molecule has 180 valence electrons. The van der Waals surface area contributed by atoms with Gasteiger partial charge in [-0.3, -0.25) is 9.59 Å². The van der Waals surface area contributed by atoms with Gasteiger partial charge in [-0.25, -0.2) is 9.59 Å². The van der Waals surface area contributed by atoms with Crippen LogP contribution in [0.5, 0.6) is 0 Å². The van der Waals surface area contributed by atoms with Crippen molar-refractivity contribution in [3.05, 3.63) is 35.9 Å². The largest absolute Gasteiger partial charge is 0.480 e. The van der Waals surface area contributed by atoms with Gasteiger partial charge in [0.1, 0.15) is 24.7 Å². The van der Waals surface area contributed by atoms with Gasteiger partial charge >= 0.3 is 12.1 Å². The summed E-state index contributed by atoms with van der Waals surface area (Å²) in [6.07, 6.45) is 2.15. The summed E-state index contributed by atoms with van der Waals surface area (Å²) in [4.78, 5) is 53.5. The Kier molecular flexibility index (Phi) is 8.30. The van der Waals surface area contributed by atoms with Crippen LogP contribution in [-0.2, 0) is 25.7 Å². The van der Waals surface area contributed by atoms with E-state index in [2.05, 4.69) is 5.32 Å². The summed E-state index contributed by atoms with van der Waals surface area (Å²) in [5.74, 6) is -1.84. The van der Waals surface area contributed by atoms with Crippen LogP contribution in [0, 0.1) is 5.92 Å². The summed E-state index contributed by atoms with van der Waals surface area (Å²) in [7, 11) is 0. The molecule has 0 aromatic heterocycles. The number of carbonyl (C=O) groups excluding carboxylic acids is 3. The van der Waals surface area contributed by atoms with E-state index < -0.39 is 30.2 Å². The van der Waals surface area contributed by atoms with Crippen molar-refractivity contribution in [1.82, 2.24) is 15.1 Å². The lowest BCUT2D eigenvalue weighted by atomic mass is 9.97. The van der Waals surface area contributed by atoms with Crippen molar-refractivity contribution in [3.8, 4) is 0 Å². The summed E-state index contributed by atoms with van der Waals surface area (Å²) < 4.78 is 5.30. The molecule has 4 atom stereocenters. The van der Waals surface area contributed by atoms with E-state index in [1.54, 1.807) is 0 Å². The molecular weight excluding hydrogens is 426 g/mol. The molecular formula is C24H33N3O6. The maximum atomic E-state index is 13.5. The molecule has 4 unspecified atom stereocenters. The van der Waals surface area contributed by atoms with Crippen molar-refractivity contribution in [2.75, 3.05) is 13.1 Å². The summed E-state index contributed by atoms with van der Waals surface area (Å²) in [6, 6.07) is 6.87. The number of ether oxygens (including phenoxy) is 1. The molecule has 2 N–H and O–H groups in total. The minimum Gasteiger partial charge on any atom is -0.480 e. The Balaban J connectivity index is 1.68. The maximum absolute atomic E-state index is 13.5. The zero-order valence-electron chi connectivity index (χ0n) is 19.2. The minimum atomic E-state index is -1.02. The lowest BCUT2D eigenvalue weighted by molar-refractivity contribution is -0.152. The zero-order valence-corrected chi connectivity index (χ0v) is 19.2. The van der Waals surface area contributed by atoms with E-state index in [4.69, 9.17) is 4.74 Å². The third-order valence-electron chi connectivity index (χ3n) is 6.61. The smallest absolute Gasteiger partial charge is 0.408 e. The first-order chi connectivity index (χ1) is 15.8. The number of hydrogen-bond donors (Lipinski definition) is 2. The van der Waals surface area contributed by atoms with E-state index in [-0.39, 0.29) is 24.3 Å². The molecule has 0 saturated carbocycles. The lowest BCUT2D eigenvalue weighted by Crippen LogP contribution is -2.56. The molecule has 2 aliphatic rings. The highest BCUT2D eigenvalue weighted by molar-refractivity contribution is 5.93. The number of amides is 3. The van der Waals surface area contributed by atoms with Gasteiger partial charge in [0.25, 0.3) is 0 Å². The number of benzene rings is 1. The van der Waals surface area contributed by atoms with Gasteiger partial charge in [0.05, 0.1) is 0 Å². The highest BCUT2D eigenvalue weighted by Crippen LogP contribution is 2.26. The van der Waals surface area contributed by atoms with Gasteiger partial charge in [0.2, 0.25) is 11.8 Å². The second-order valence-electron chi connectivity index (χ2n) is 8.79. The quantitative estimate of drug-likeness (QED) is 0.617. The van der Waals surface area contributed by atoms with E-state index in [1.165, 1.54) is 9.80 Å². The highest BCUT2D eigenvalue weighted by Gasteiger charge is 2.44. The number of aliphatic carboxylic acids is 1. The van der Waals surface area contributed by atoms with Crippen molar-refractivity contribution in [3.63, 3.8) is 0 Å². The molecule has 0 aliphatic carbocycles. The van der Waals surface area contributed by atoms with Gasteiger partial charge in [-0.1, -0.05) is 50.6 Å². The van der Waals surface area contributed by atoms with Gasteiger partial charge in [-0.2, -0.15) is 0 Å². The molecule has 0 bridgehead atoms. The van der Waals surface area contributed by atoms with Crippen LogP contribution in [0.15, 0.2) is 30.3 Å². The second kappa shape index (κ2) is 11.2. The molecule has 33 heavy (non-hydrogen) atoms. The number of likely N-dealkylation sites (tertiary alicyclic amines) is 2. The fourth-order valence-corrected chi connectivity index (χ4v) is 4.52. The topological polar surface area (TPSA) is 116 Å². The second-order valence-corrected chi connectivity index (χ2v) is 8.79. The number of rotatable bonds is 8. The Morgan fingerprint density at radius 2 is 1.70 bits per heavy atom. The minimum absolute atomic E-state index is 0.0877. The molecule has 2 heterocycles.